The van der Waals surface area contributed by atoms with Crippen LogP contribution in [0.4, 0.5) is 0 Å². The van der Waals surface area contributed by atoms with Crippen molar-refractivity contribution in [1.29, 1.82) is 5.41 Å². The maximum Gasteiger partial charge on any atom is 0.0940 e. The first-order chi connectivity index (χ1) is 4.30. The largest absolute Gasteiger partial charge is 0.387 e. The lowest BCUT2D eigenvalue weighted by Crippen LogP contribution is -2.22. The number of hydrogen-bond acceptors (Lipinski definition) is 1. The zero-order chi connectivity index (χ0) is 6.69. The smallest absolute Gasteiger partial charge is 0.0940 e. The lowest BCUT2D eigenvalue weighted by Gasteiger charge is -2.14. The van der Waals surface area contributed by atoms with E-state index in [1.165, 1.54) is 0 Å². The maximum absolute atomic E-state index is 7.13. The molecule has 1 atom stereocenters. The summed E-state index contributed by atoms with van der Waals surface area (Å²) in [6.07, 6.45) is 7.38. The molecule has 0 spiro atoms. The normalized spacial score (nSPS) is 26.0. The molecule has 0 aliphatic heterocycles. The van der Waals surface area contributed by atoms with Crippen molar-refractivity contribution < 1.29 is 0 Å². The average Bonchev–Trinajstić information content (AvgIpc) is 1.90. The third kappa shape index (κ3) is 1.56. The second-order valence-electron chi connectivity index (χ2n) is 2.44. The highest BCUT2D eigenvalue weighted by Crippen LogP contribution is 2.16. The van der Waals surface area contributed by atoms with Crippen LogP contribution in [0.25, 0.3) is 0 Å². The van der Waals surface area contributed by atoms with Crippen molar-refractivity contribution in [1.82, 2.24) is 0 Å². The van der Waals surface area contributed by atoms with E-state index in [1.54, 1.807) is 0 Å². The fourth-order valence-electron chi connectivity index (χ4n) is 1.08. The molecule has 0 saturated heterocycles. The minimum absolute atomic E-state index is 0.329. The number of nitrogens with one attached hydrogen (secondary N) is 1. The van der Waals surface area contributed by atoms with Gasteiger partial charge in [-0.15, -0.1) is 0 Å². The average molecular weight is 124 g/mol. The predicted octanol–water partition coefficient (Wildman–Crippen LogP) is 1.28. The highest BCUT2D eigenvalue weighted by molar-refractivity contribution is 5.79. The molecule has 0 unspecified atom stereocenters. The molecule has 1 aliphatic carbocycles. The Morgan fingerprint density at radius 1 is 1.56 bits per heavy atom. The van der Waals surface area contributed by atoms with Gasteiger partial charge in [0, 0.05) is 5.92 Å². The van der Waals surface area contributed by atoms with Crippen molar-refractivity contribution >= 4 is 5.84 Å². The molecule has 0 aromatic carbocycles. The lowest BCUT2D eigenvalue weighted by molar-refractivity contribution is 0.609. The van der Waals surface area contributed by atoms with Gasteiger partial charge in [-0.05, 0) is 19.3 Å². The van der Waals surface area contributed by atoms with E-state index >= 15 is 0 Å². The molecule has 9 heavy (non-hydrogen) atoms. The summed E-state index contributed by atoms with van der Waals surface area (Å²) < 4.78 is 0. The van der Waals surface area contributed by atoms with E-state index in [0.717, 1.165) is 19.3 Å². The van der Waals surface area contributed by atoms with Crippen LogP contribution in [0.2, 0.25) is 0 Å². The van der Waals surface area contributed by atoms with Crippen molar-refractivity contribution in [3.63, 3.8) is 0 Å². The SMILES string of the molecule is N=C(N)[C@@H]1CC=CCC1. The standard InChI is InChI=1S/C7H12N2/c8-7(9)6-4-2-1-3-5-6/h1-2,6H,3-5H2,(H3,8,9)/t6-/m1/s1. The first-order valence-electron chi connectivity index (χ1n) is 3.29. The van der Waals surface area contributed by atoms with E-state index in [0.29, 0.717) is 11.8 Å². The minimum atomic E-state index is 0.329. The molecule has 3 N–H and O–H groups in total. The Morgan fingerprint density at radius 3 is 2.67 bits per heavy atom. The molecule has 1 aliphatic rings. The Labute approximate surface area is 55.3 Å². The van der Waals surface area contributed by atoms with Crippen LogP contribution >= 0.6 is 0 Å². The molecule has 0 bridgehead atoms. The minimum Gasteiger partial charge on any atom is -0.387 e. The molecular formula is C7H12N2. The van der Waals surface area contributed by atoms with E-state index in [9.17, 15) is 0 Å². The molecular weight excluding hydrogens is 112 g/mol. The van der Waals surface area contributed by atoms with Crippen LogP contribution in [0.1, 0.15) is 19.3 Å². The molecule has 1 rings (SSSR count). The van der Waals surface area contributed by atoms with Crippen LogP contribution in [-0.2, 0) is 0 Å². The summed E-state index contributed by atoms with van der Waals surface area (Å²) in [6, 6.07) is 0. The second kappa shape index (κ2) is 2.67. The molecule has 50 valence electrons. The zero-order valence-corrected chi connectivity index (χ0v) is 5.43. The van der Waals surface area contributed by atoms with E-state index in [1.807, 2.05) is 0 Å². The number of allylic oxidation sites excluding steroid dienone is 2. The van der Waals surface area contributed by atoms with Crippen molar-refractivity contribution in [2.75, 3.05) is 0 Å². The van der Waals surface area contributed by atoms with Crippen LogP contribution in [0.5, 0.6) is 0 Å². The van der Waals surface area contributed by atoms with Crippen LogP contribution in [-0.4, -0.2) is 5.84 Å². The molecule has 0 amide bonds. The number of amidine groups is 1. The number of hydrogen-bond donors (Lipinski definition) is 2. The van der Waals surface area contributed by atoms with Crippen molar-refractivity contribution in [2.24, 2.45) is 11.7 Å². The first kappa shape index (κ1) is 6.33. The third-order valence-corrected chi connectivity index (χ3v) is 1.71. The fraction of sp³-hybridized carbons (Fsp3) is 0.571. The van der Waals surface area contributed by atoms with Crippen molar-refractivity contribution in [3.05, 3.63) is 12.2 Å². The summed E-state index contributed by atoms with van der Waals surface area (Å²) in [6.45, 7) is 0. The summed E-state index contributed by atoms with van der Waals surface area (Å²) in [4.78, 5) is 0. The van der Waals surface area contributed by atoms with Gasteiger partial charge in [0.2, 0.25) is 0 Å². The van der Waals surface area contributed by atoms with Crippen LogP contribution in [0, 0.1) is 11.3 Å². The Bertz CT molecular complexity index is 138. The number of nitrogens with two attached hydrogens (primary N) is 1. The summed E-state index contributed by atoms with van der Waals surface area (Å²) in [7, 11) is 0. The quantitative estimate of drug-likeness (QED) is 0.309. The highest BCUT2D eigenvalue weighted by Gasteiger charge is 2.11. The van der Waals surface area contributed by atoms with Crippen molar-refractivity contribution in [3.8, 4) is 0 Å². The van der Waals surface area contributed by atoms with Gasteiger partial charge in [0.05, 0.1) is 5.84 Å². The van der Waals surface area contributed by atoms with Gasteiger partial charge >= 0.3 is 0 Å². The van der Waals surface area contributed by atoms with Crippen molar-refractivity contribution in [2.45, 2.75) is 19.3 Å². The molecule has 0 heterocycles. The van der Waals surface area contributed by atoms with Crippen LogP contribution < -0.4 is 5.73 Å². The Kier molecular flexibility index (Phi) is 1.88. The van der Waals surface area contributed by atoms with Gasteiger partial charge in [0.1, 0.15) is 0 Å². The Balaban J connectivity index is 2.44. The highest BCUT2D eigenvalue weighted by atomic mass is 14.7. The summed E-state index contributed by atoms with van der Waals surface area (Å²) in [5.74, 6) is 0.675. The second-order valence-corrected chi connectivity index (χ2v) is 2.44. The van der Waals surface area contributed by atoms with Crippen LogP contribution in [0.3, 0.4) is 0 Å². The monoisotopic (exact) mass is 124 g/mol. The van der Waals surface area contributed by atoms with Gasteiger partial charge in [0.25, 0.3) is 0 Å². The molecule has 2 nitrogen and oxygen atoms in total. The maximum atomic E-state index is 7.13. The Hall–Kier alpha value is -0.790. The summed E-state index contributed by atoms with van der Waals surface area (Å²) in [5.41, 5.74) is 5.32. The summed E-state index contributed by atoms with van der Waals surface area (Å²) >= 11 is 0. The molecule has 0 aromatic heterocycles. The molecule has 0 fully saturated rings. The molecule has 0 saturated carbocycles. The summed E-state index contributed by atoms with van der Waals surface area (Å²) in [5, 5.41) is 7.13. The van der Waals surface area contributed by atoms with Gasteiger partial charge in [-0.3, -0.25) is 5.41 Å². The van der Waals surface area contributed by atoms with Gasteiger partial charge < -0.3 is 5.73 Å². The van der Waals surface area contributed by atoms with Gasteiger partial charge in [-0.25, -0.2) is 0 Å². The molecule has 2 heteroatoms. The van der Waals surface area contributed by atoms with Gasteiger partial charge in [0.15, 0.2) is 0 Å². The topological polar surface area (TPSA) is 49.9 Å². The Morgan fingerprint density at radius 2 is 2.33 bits per heavy atom. The van der Waals surface area contributed by atoms with Crippen LogP contribution in [0.15, 0.2) is 12.2 Å². The van der Waals surface area contributed by atoms with E-state index in [4.69, 9.17) is 11.1 Å². The van der Waals surface area contributed by atoms with E-state index in [-0.39, 0.29) is 0 Å². The van der Waals surface area contributed by atoms with E-state index in [2.05, 4.69) is 12.2 Å². The fourth-order valence-corrected chi connectivity index (χ4v) is 1.08. The zero-order valence-electron chi connectivity index (χ0n) is 5.43. The number of rotatable bonds is 1. The molecule has 0 aromatic rings. The first-order valence-corrected chi connectivity index (χ1v) is 3.29. The van der Waals surface area contributed by atoms with Gasteiger partial charge in [-0.2, -0.15) is 0 Å². The predicted molar refractivity (Wildman–Crippen MR) is 38.4 cm³/mol. The van der Waals surface area contributed by atoms with E-state index < -0.39 is 0 Å². The third-order valence-electron chi connectivity index (χ3n) is 1.71. The van der Waals surface area contributed by atoms with Gasteiger partial charge in [-0.1, -0.05) is 12.2 Å². The molecule has 0 radical (unpaired) electrons. The lowest BCUT2D eigenvalue weighted by atomic mass is 9.94.